The van der Waals surface area contributed by atoms with Crippen molar-refractivity contribution in [2.45, 2.75) is 45.6 Å². The second-order valence-corrected chi connectivity index (χ2v) is 8.34. The van der Waals surface area contributed by atoms with Crippen molar-refractivity contribution >= 4 is 11.6 Å². The zero-order chi connectivity index (χ0) is 18.6. The van der Waals surface area contributed by atoms with Crippen LogP contribution < -0.4 is 5.32 Å². The third kappa shape index (κ3) is 4.73. The van der Waals surface area contributed by atoms with Gasteiger partial charge in [0.2, 0.25) is 5.91 Å². The van der Waals surface area contributed by atoms with Crippen molar-refractivity contribution < 1.29 is 4.79 Å². The quantitative estimate of drug-likeness (QED) is 0.856. The van der Waals surface area contributed by atoms with Crippen LogP contribution in [-0.4, -0.2) is 23.9 Å². The molecule has 26 heavy (non-hydrogen) atoms. The smallest absolute Gasteiger partial charge is 0.228 e. The number of likely N-dealkylation sites (tertiary alicyclic amines) is 1. The molecule has 1 fully saturated rings. The lowest BCUT2D eigenvalue weighted by Crippen LogP contribution is -2.40. The number of nitrogens with one attached hydrogen (secondary N) is 1. The van der Waals surface area contributed by atoms with Gasteiger partial charge in [-0.25, -0.2) is 0 Å². The van der Waals surface area contributed by atoms with Gasteiger partial charge in [-0.05, 0) is 42.0 Å². The molecule has 0 spiro atoms. The van der Waals surface area contributed by atoms with Gasteiger partial charge in [0.15, 0.2) is 0 Å². The number of amides is 1. The van der Waals surface area contributed by atoms with E-state index in [0.717, 1.165) is 38.2 Å². The third-order valence-electron chi connectivity index (χ3n) is 5.12. The number of rotatable bonds is 4. The van der Waals surface area contributed by atoms with E-state index in [9.17, 15) is 4.79 Å². The Kier molecular flexibility index (Phi) is 5.77. The second-order valence-electron chi connectivity index (χ2n) is 8.34. The van der Waals surface area contributed by atoms with Gasteiger partial charge < -0.3 is 5.32 Å². The number of para-hydroxylation sites is 1. The normalized spacial score (nSPS) is 18.5. The highest BCUT2D eigenvalue weighted by atomic mass is 16.1. The molecule has 0 radical (unpaired) electrons. The van der Waals surface area contributed by atoms with Gasteiger partial charge >= 0.3 is 0 Å². The third-order valence-corrected chi connectivity index (χ3v) is 5.12. The molecule has 0 saturated carbocycles. The Bertz CT molecular complexity index is 733. The van der Waals surface area contributed by atoms with Crippen LogP contribution in [0, 0.1) is 5.92 Å². The largest absolute Gasteiger partial charge is 0.326 e. The fourth-order valence-electron chi connectivity index (χ4n) is 3.74. The summed E-state index contributed by atoms with van der Waals surface area (Å²) in [6.07, 6.45) is 2.04. The molecule has 3 heteroatoms. The molecule has 0 aliphatic carbocycles. The van der Waals surface area contributed by atoms with Gasteiger partial charge in [0.05, 0.1) is 5.92 Å². The minimum atomic E-state index is 0.00971. The maximum atomic E-state index is 12.9. The van der Waals surface area contributed by atoms with Crippen molar-refractivity contribution in [2.24, 2.45) is 5.92 Å². The summed E-state index contributed by atoms with van der Waals surface area (Å²) in [5, 5.41) is 3.21. The highest BCUT2D eigenvalue weighted by Crippen LogP contribution is 2.30. The molecule has 1 aliphatic rings. The predicted octanol–water partition coefficient (Wildman–Crippen LogP) is 4.83. The van der Waals surface area contributed by atoms with Crippen LogP contribution in [0.1, 0.15) is 44.7 Å². The van der Waals surface area contributed by atoms with Gasteiger partial charge in [0.1, 0.15) is 0 Å². The lowest BCUT2D eigenvalue weighted by molar-refractivity contribution is -0.121. The predicted molar refractivity (Wildman–Crippen MR) is 108 cm³/mol. The van der Waals surface area contributed by atoms with Gasteiger partial charge in [0.25, 0.3) is 0 Å². The first kappa shape index (κ1) is 18.7. The molecule has 1 N–H and O–H groups in total. The molecule has 2 aromatic rings. The van der Waals surface area contributed by atoms with Crippen molar-refractivity contribution in [3.63, 3.8) is 0 Å². The topological polar surface area (TPSA) is 32.3 Å². The second kappa shape index (κ2) is 8.05. The fraction of sp³-hybridized carbons (Fsp3) is 0.435. The lowest BCUT2D eigenvalue weighted by Gasteiger charge is -2.32. The Morgan fingerprint density at radius 3 is 2.50 bits per heavy atom. The van der Waals surface area contributed by atoms with Crippen LogP contribution in [0.4, 0.5) is 5.69 Å². The van der Waals surface area contributed by atoms with Crippen LogP contribution in [0.2, 0.25) is 0 Å². The van der Waals surface area contributed by atoms with E-state index < -0.39 is 0 Å². The Morgan fingerprint density at radius 2 is 1.77 bits per heavy atom. The number of piperidine rings is 1. The fourth-order valence-corrected chi connectivity index (χ4v) is 3.74. The van der Waals surface area contributed by atoms with E-state index in [1.165, 1.54) is 11.1 Å². The van der Waals surface area contributed by atoms with Gasteiger partial charge in [-0.2, -0.15) is 0 Å². The van der Waals surface area contributed by atoms with Crippen molar-refractivity contribution in [3.05, 3.63) is 65.7 Å². The van der Waals surface area contributed by atoms with Crippen LogP contribution >= 0.6 is 0 Å². The van der Waals surface area contributed by atoms with E-state index in [2.05, 4.69) is 61.3 Å². The molecule has 1 aliphatic heterocycles. The van der Waals surface area contributed by atoms with E-state index in [0.29, 0.717) is 0 Å². The van der Waals surface area contributed by atoms with Gasteiger partial charge in [0, 0.05) is 18.8 Å². The highest BCUT2D eigenvalue weighted by molar-refractivity contribution is 5.93. The maximum absolute atomic E-state index is 12.9. The first-order valence-electron chi connectivity index (χ1n) is 9.60. The monoisotopic (exact) mass is 350 g/mol. The van der Waals surface area contributed by atoms with Crippen molar-refractivity contribution in [1.29, 1.82) is 0 Å². The molecule has 1 heterocycles. The summed E-state index contributed by atoms with van der Waals surface area (Å²) in [4.78, 5) is 15.3. The van der Waals surface area contributed by atoms with Crippen LogP contribution in [0.25, 0.3) is 0 Å². The number of nitrogens with zero attached hydrogens (tertiary/aromatic N) is 1. The average molecular weight is 351 g/mol. The minimum absolute atomic E-state index is 0.00971. The van der Waals surface area contributed by atoms with E-state index >= 15 is 0 Å². The number of hydrogen-bond acceptors (Lipinski definition) is 2. The van der Waals surface area contributed by atoms with Gasteiger partial charge in [-0.1, -0.05) is 69.3 Å². The standard InChI is InChI=1S/C23H30N2O/c1-23(2,3)20-13-7-8-14-21(20)24-22(26)19-12-9-15-25(17-19)16-18-10-5-4-6-11-18/h4-8,10-11,13-14,19H,9,12,15-17H2,1-3H3,(H,24,26). The molecule has 3 rings (SSSR count). The van der Waals surface area contributed by atoms with Gasteiger partial charge in [-0.15, -0.1) is 0 Å². The average Bonchev–Trinajstić information content (AvgIpc) is 2.62. The Morgan fingerprint density at radius 1 is 1.08 bits per heavy atom. The Balaban J connectivity index is 1.65. The van der Waals surface area contributed by atoms with Crippen molar-refractivity contribution in [2.75, 3.05) is 18.4 Å². The van der Waals surface area contributed by atoms with Crippen LogP contribution in [0.5, 0.6) is 0 Å². The molecule has 3 nitrogen and oxygen atoms in total. The first-order chi connectivity index (χ1) is 12.4. The molecule has 1 amide bonds. The summed E-state index contributed by atoms with van der Waals surface area (Å²) in [7, 11) is 0. The summed E-state index contributed by atoms with van der Waals surface area (Å²) in [6.45, 7) is 9.36. The summed E-state index contributed by atoms with van der Waals surface area (Å²) < 4.78 is 0. The molecule has 2 aromatic carbocycles. The first-order valence-corrected chi connectivity index (χ1v) is 9.60. The number of anilines is 1. The summed E-state index contributed by atoms with van der Waals surface area (Å²) in [5.74, 6) is 0.208. The zero-order valence-corrected chi connectivity index (χ0v) is 16.2. The molecular formula is C23H30N2O. The van der Waals surface area contributed by atoms with Crippen LogP contribution in [-0.2, 0) is 16.8 Å². The molecule has 1 saturated heterocycles. The van der Waals surface area contributed by atoms with E-state index in [4.69, 9.17) is 0 Å². The molecular weight excluding hydrogens is 320 g/mol. The minimum Gasteiger partial charge on any atom is -0.326 e. The maximum Gasteiger partial charge on any atom is 0.228 e. The van der Waals surface area contributed by atoms with Crippen molar-refractivity contribution in [3.8, 4) is 0 Å². The van der Waals surface area contributed by atoms with E-state index in [-0.39, 0.29) is 17.2 Å². The molecule has 1 atom stereocenters. The summed E-state index contributed by atoms with van der Waals surface area (Å²) in [6, 6.07) is 18.7. The SMILES string of the molecule is CC(C)(C)c1ccccc1NC(=O)C1CCCN(Cc2ccccc2)C1. The Labute approximate surface area is 157 Å². The number of hydrogen-bond donors (Lipinski definition) is 1. The zero-order valence-electron chi connectivity index (χ0n) is 16.2. The lowest BCUT2D eigenvalue weighted by atomic mass is 9.85. The highest BCUT2D eigenvalue weighted by Gasteiger charge is 2.27. The summed E-state index contributed by atoms with van der Waals surface area (Å²) >= 11 is 0. The Hall–Kier alpha value is -2.13. The number of carbonyl (C=O) groups is 1. The van der Waals surface area contributed by atoms with Gasteiger partial charge in [-0.3, -0.25) is 9.69 Å². The van der Waals surface area contributed by atoms with Crippen LogP contribution in [0.3, 0.4) is 0 Å². The van der Waals surface area contributed by atoms with E-state index in [1.54, 1.807) is 0 Å². The van der Waals surface area contributed by atoms with Crippen LogP contribution in [0.15, 0.2) is 54.6 Å². The van der Waals surface area contributed by atoms with E-state index in [1.807, 2.05) is 24.3 Å². The molecule has 0 aromatic heterocycles. The summed E-state index contributed by atoms with van der Waals surface area (Å²) in [5.41, 5.74) is 3.46. The molecule has 0 bridgehead atoms. The van der Waals surface area contributed by atoms with Crippen molar-refractivity contribution in [1.82, 2.24) is 4.90 Å². The number of benzene rings is 2. The number of carbonyl (C=O) groups excluding carboxylic acids is 1. The molecule has 138 valence electrons. The molecule has 1 unspecified atom stereocenters.